The Morgan fingerprint density at radius 3 is 2.53 bits per heavy atom. The molecule has 0 radical (unpaired) electrons. The van der Waals surface area contributed by atoms with Gasteiger partial charge in [0.25, 0.3) is 0 Å². The molecule has 2 aromatic rings. The number of hydrogen-bond donors (Lipinski definition) is 0. The maximum absolute atomic E-state index is 12.9. The largest absolute Gasteiger partial charge is 0.294 e. The smallest absolute Gasteiger partial charge is 0.168 e. The minimum absolute atomic E-state index is 0.141. The fourth-order valence-corrected chi connectivity index (χ4v) is 2.46. The standard InChI is InChI=1S/C12H7ClF2OS/c13-12-4-2-8(17-12)6-11(16)7-1-3-9(14)10(15)5-7/h1-5H,6H2. The molecule has 1 aromatic heterocycles. The molecule has 0 aliphatic carbocycles. The summed E-state index contributed by atoms with van der Waals surface area (Å²) in [7, 11) is 0. The zero-order valence-corrected chi connectivity index (χ0v) is 10.1. The van der Waals surface area contributed by atoms with Crippen LogP contribution in [-0.2, 0) is 6.42 Å². The Morgan fingerprint density at radius 1 is 1.18 bits per heavy atom. The van der Waals surface area contributed by atoms with Crippen LogP contribution in [-0.4, -0.2) is 5.78 Å². The summed E-state index contributed by atoms with van der Waals surface area (Å²) in [6.07, 6.45) is 0.141. The van der Waals surface area contributed by atoms with E-state index in [-0.39, 0.29) is 17.8 Å². The van der Waals surface area contributed by atoms with Crippen molar-refractivity contribution in [1.29, 1.82) is 0 Å². The molecule has 0 N–H and O–H groups in total. The minimum Gasteiger partial charge on any atom is -0.294 e. The first-order chi connectivity index (χ1) is 8.06. The number of benzene rings is 1. The number of carbonyl (C=O) groups is 1. The molecule has 2 rings (SSSR count). The number of thiophene rings is 1. The summed E-state index contributed by atoms with van der Waals surface area (Å²) in [6.45, 7) is 0. The molecule has 1 aromatic carbocycles. The number of ketones is 1. The molecule has 0 unspecified atom stereocenters. The summed E-state index contributed by atoms with van der Waals surface area (Å²) in [4.78, 5) is 12.6. The second kappa shape index (κ2) is 4.94. The SMILES string of the molecule is O=C(Cc1ccc(Cl)s1)c1ccc(F)c(F)c1. The molecule has 5 heteroatoms. The van der Waals surface area contributed by atoms with Crippen LogP contribution in [0, 0.1) is 11.6 Å². The van der Waals surface area contributed by atoms with Crippen LogP contribution in [0.3, 0.4) is 0 Å². The molecule has 0 bridgehead atoms. The summed E-state index contributed by atoms with van der Waals surface area (Å²) in [5, 5.41) is 0. The van der Waals surface area contributed by atoms with Gasteiger partial charge in [-0.15, -0.1) is 11.3 Å². The normalized spacial score (nSPS) is 10.5. The van der Waals surface area contributed by atoms with E-state index in [0.29, 0.717) is 4.34 Å². The second-order valence-corrected chi connectivity index (χ2v) is 5.23. The van der Waals surface area contributed by atoms with E-state index in [0.717, 1.165) is 17.0 Å². The third-order valence-electron chi connectivity index (χ3n) is 2.21. The first kappa shape index (κ1) is 12.2. The van der Waals surface area contributed by atoms with Crippen molar-refractivity contribution in [2.75, 3.05) is 0 Å². The number of rotatable bonds is 3. The Bertz CT molecular complexity index is 565. The third-order valence-corrected chi connectivity index (χ3v) is 3.44. The van der Waals surface area contributed by atoms with Crippen molar-refractivity contribution in [3.05, 3.63) is 56.7 Å². The maximum Gasteiger partial charge on any atom is 0.168 e. The molecule has 1 heterocycles. The van der Waals surface area contributed by atoms with E-state index in [1.54, 1.807) is 12.1 Å². The first-order valence-corrected chi connectivity index (χ1v) is 5.98. The molecule has 0 aliphatic heterocycles. The molecule has 88 valence electrons. The Kier molecular flexibility index (Phi) is 3.54. The van der Waals surface area contributed by atoms with Crippen molar-refractivity contribution in [1.82, 2.24) is 0 Å². The Morgan fingerprint density at radius 2 is 1.94 bits per heavy atom. The van der Waals surface area contributed by atoms with E-state index in [1.165, 1.54) is 17.4 Å². The molecule has 17 heavy (non-hydrogen) atoms. The van der Waals surface area contributed by atoms with E-state index in [9.17, 15) is 13.6 Å². The van der Waals surface area contributed by atoms with Crippen molar-refractivity contribution < 1.29 is 13.6 Å². The number of carbonyl (C=O) groups excluding carboxylic acids is 1. The predicted octanol–water partition coefficient (Wildman–Crippen LogP) is 4.11. The Balaban J connectivity index is 2.17. The summed E-state index contributed by atoms with van der Waals surface area (Å²) >= 11 is 7.03. The quantitative estimate of drug-likeness (QED) is 0.769. The lowest BCUT2D eigenvalue weighted by atomic mass is 10.1. The zero-order valence-electron chi connectivity index (χ0n) is 8.54. The molecule has 0 saturated carbocycles. The number of halogens is 3. The van der Waals surface area contributed by atoms with Gasteiger partial charge >= 0.3 is 0 Å². The fraction of sp³-hybridized carbons (Fsp3) is 0.0833. The van der Waals surface area contributed by atoms with Gasteiger partial charge in [-0.25, -0.2) is 8.78 Å². The number of hydrogen-bond acceptors (Lipinski definition) is 2. The van der Waals surface area contributed by atoms with E-state index < -0.39 is 11.6 Å². The summed E-state index contributed by atoms with van der Waals surface area (Å²) in [6, 6.07) is 6.57. The maximum atomic E-state index is 12.9. The highest BCUT2D eigenvalue weighted by Gasteiger charge is 2.11. The summed E-state index contributed by atoms with van der Waals surface area (Å²) in [5.41, 5.74) is 0.161. The molecule has 0 saturated heterocycles. The lowest BCUT2D eigenvalue weighted by Crippen LogP contribution is -2.03. The molecule has 0 atom stereocenters. The molecule has 0 aliphatic rings. The van der Waals surface area contributed by atoms with Gasteiger partial charge < -0.3 is 0 Å². The van der Waals surface area contributed by atoms with Gasteiger partial charge in [-0.3, -0.25) is 4.79 Å². The van der Waals surface area contributed by atoms with Crippen LogP contribution >= 0.6 is 22.9 Å². The van der Waals surface area contributed by atoms with Crippen LogP contribution in [0.1, 0.15) is 15.2 Å². The van der Waals surface area contributed by atoms with E-state index >= 15 is 0 Å². The van der Waals surface area contributed by atoms with Gasteiger partial charge in [-0.2, -0.15) is 0 Å². The van der Waals surface area contributed by atoms with Gasteiger partial charge in [0, 0.05) is 16.9 Å². The van der Waals surface area contributed by atoms with Gasteiger partial charge in [0.1, 0.15) is 0 Å². The number of Topliss-reactive ketones (excluding diaryl/α,β-unsaturated/α-hetero) is 1. The highest BCUT2D eigenvalue weighted by molar-refractivity contribution is 7.16. The average Bonchev–Trinajstić information content (AvgIpc) is 2.68. The van der Waals surface area contributed by atoms with Gasteiger partial charge in [-0.05, 0) is 30.3 Å². The highest BCUT2D eigenvalue weighted by atomic mass is 35.5. The summed E-state index contributed by atoms with van der Waals surface area (Å²) in [5.74, 6) is -2.23. The average molecular weight is 273 g/mol. The van der Waals surface area contributed by atoms with Crippen LogP contribution in [0.4, 0.5) is 8.78 Å². The van der Waals surface area contributed by atoms with Crippen molar-refractivity contribution in [2.24, 2.45) is 0 Å². The second-order valence-electron chi connectivity index (χ2n) is 3.43. The third kappa shape index (κ3) is 2.90. The van der Waals surface area contributed by atoms with Crippen molar-refractivity contribution in [3.8, 4) is 0 Å². The predicted molar refractivity (Wildman–Crippen MR) is 63.7 cm³/mol. The van der Waals surface area contributed by atoms with Crippen LogP contribution in [0.25, 0.3) is 0 Å². The zero-order chi connectivity index (χ0) is 12.4. The molecule has 1 nitrogen and oxygen atoms in total. The van der Waals surface area contributed by atoms with Gasteiger partial charge in [0.2, 0.25) is 0 Å². The molecular weight excluding hydrogens is 266 g/mol. The van der Waals surface area contributed by atoms with E-state index in [4.69, 9.17) is 11.6 Å². The van der Waals surface area contributed by atoms with Crippen LogP contribution in [0.5, 0.6) is 0 Å². The molecule has 0 amide bonds. The highest BCUT2D eigenvalue weighted by Crippen LogP contribution is 2.23. The van der Waals surface area contributed by atoms with Gasteiger partial charge in [-0.1, -0.05) is 11.6 Å². The van der Waals surface area contributed by atoms with Crippen LogP contribution in [0.15, 0.2) is 30.3 Å². The minimum atomic E-state index is -1.01. The van der Waals surface area contributed by atoms with E-state index in [1.807, 2.05) is 0 Å². The van der Waals surface area contributed by atoms with Crippen LogP contribution in [0.2, 0.25) is 4.34 Å². The van der Waals surface area contributed by atoms with Crippen molar-refractivity contribution in [3.63, 3.8) is 0 Å². The topological polar surface area (TPSA) is 17.1 Å². The van der Waals surface area contributed by atoms with Crippen molar-refractivity contribution >= 4 is 28.7 Å². The van der Waals surface area contributed by atoms with Crippen molar-refractivity contribution in [2.45, 2.75) is 6.42 Å². The molecule has 0 spiro atoms. The summed E-state index contributed by atoms with van der Waals surface area (Å²) < 4.78 is 26.2. The Labute approximate surface area is 106 Å². The van der Waals surface area contributed by atoms with Gasteiger partial charge in [0.15, 0.2) is 17.4 Å². The molecule has 0 fully saturated rings. The first-order valence-electron chi connectivity index (χ1n) is 4.79. The Hall–Kier alpha value is -1.26. The fourth-order valence-electron chi connectivity index (χ4n) is 1.38. The van der Waals surface area contributed by atoms with E-state index in [2.05, 4.69) is 0 Å². The lowest BCUT2D eigenvalue weighted by molar-refractivity contribution is 0.0993. The van der Waals surface area contributed by atoms with Gasteiger partial charge in [0.05, 0.1) is 4.34 Å². The lowest BCUT2D eigenvalue weighted by Gasteiger charge is -2.00. The van der Waals surface area contributed by atoms with Crippen LogP contribution < -0.4 is 0 Å². The molecular formula is C12H7ClF2OS. The monoisotopic (exact) mass is 272 g/mol.